The molecule has 0 unspecified atom stereocenters. The predicted molar refractivity (Wildman–Crippen MR) is 84.9 cm³/mol. The molecule has 0 radical (unpaired) electrons. The van der Waals surface area contributed by atoms with E-state index in [4.69, 9.17) is 9.05 Å². The molecule has 0 N–H and O–H groups in total. The summed E-state index contributed by atoms with van der Waals surface area (Å²) in [6.45, 7) is 16.2. The second-order valence-electron chi connectivity index (χ2n) is 6.11. The topological polar surface area (TPSA) is 35.5 Å². The van der Waals surface area contributed by atoms with E-state index in [-0.39, 0.29) is 0 Å². The van der Waals surface area contributed by atoms with Crippen molar-refractivity contribution in [1.29, 1.82) is 0 Å². The molecule has 0 aliphatic carbocycles. The van der Waals surface area contributed by atoms with Crippen LogP contribution in [0.5, 0.6) is 0 Å². The first-order chi connectivity index (χ1) is 8.79. The third kappa shape index (κ3) is 23.6. The highest BCUT2D eigenvalue weighted by atomic mass is 31.1. The van der Waals surface area contributed by atoms with Crippen molar-refractivity contribution < 1.29 is 13.6 Å². The van der Waals surface area contributed by atoms with Crippen molar-refractivity contribution in [3.05, 3.63) is 0 Å². The Morgan fingerprint density at radius 2 is 1.11 bits per heavy atom. The van der Waals surface area contributed by atoms with Crippen LogP contribution < -0.4 is 0 Å². The van der Waals surface area contributed by atoms with Gasteiger partial charge in [-0.2, -0.15) is 0 Å². The maximum absolute atomic E-state index is 11.1. The summed E-state index contributed by atoms with van der Waals surface area (Å²) in [5.41, 5.74) is 0. The van der Waals surface area contributed by atoms with Gasteiger partial charge >= 0.3 is 8.25 Å². The van der Waals surface area contributed by atoms with Crippen molar-refractivity contribution in [1.82, 2.24) is 0 Å². The molecule has 3 nitrogen and oxygen atoms in total. The summed E-state index contributed by atoms with van der Waals surface area (Å²) < 4.78 is 21.3. The fourth-order valence-corrected chi connectivity index (χ4v) is 1.45. The molecule has 0 rings (SSSR count). The molecule has 0 spiro atoms. The van der Waals surface area contributed by atoms with Crippen LogP contribution in [0.1, 0.15) is 67.7 Å². The van der Waals surface area contributed by atoms with Gasteiger partial charge in [-0.25, -0.2) is 0 Å². The van der Waals surface area contributed by atoms with Gasteiger partial charge in [-0.15, -0.1) is 0 Å². The normalized spacial score (nSPS) is 11.3. The average molecular weight is 294 g/mol. The van der Waals surface area contributed by atoms with Gasteiger partial charge in [0.1, 0.15) is 0 Å². The van der Waals surface area contributed by atoms with Crippen LogP contribution in [-0.2, 0) is 13.6 Å². The molecule has 0 fully saturated rings. The van der Waals surface area contributed by atoms with Crippen molar-refractivity contribution in [3.8, 4) is 0 Å². The summed E-state index contributed by atoms with van der Waals surface area (Å²) >= 11 is 0. The van der Waals surface area contributed by atoms with Crippen molar-refractivity contribution in [2.24, 2.45) is 17.8 Å². The standard InChI is InChI=1S/C10H23O3P.C5H12/c1-9(2)5-7-12-14(11)13-8-6-10(3)4;1-4-5(2)3/h9-10,14H,5-8H2,1-4H3;5H,4H2,1-3H3. The molecule has 0 aliphatic rings. The van der Waals surface area contributed by atoms with Crippen molar-refractivity contribution >= 4 is 8.25 Å². The van der Waals surface area contributed by atoms with Crippen molar-refractivity contribution in [3.63, 3.8) is 0 Å². The summed E-state index contributed by atoms with van der Waals surface area (Å²) in [5.74, 6) is 2.05. The lowest BCUT2D eigenvalue weighted by Crippen LogP contribution is -1.97. The summed E-state index contributed by atoms with van der Waals surface area (Å²) in [7, 11) is -2.23. The molecule has 0 aromatic heterocycles. The second-order valence-corrected chi connectivity index (χ2v) is 7.19. The van der Waals surface area contributed by atoms with E-state index in [0.717, 1.165) is 18.8 Å². The molecule has 0 aromatic carbocycles. The lowest BCUT2D eigenvalue weighted by atomic mass is 10.2. The van der Waals surface area contributed by atoms with Gasteiger partial charge in [-0.1, -0.05) is 54.9 Å². The molecular formula is C15H35O3P. The number of hydrogen-bond donors (Lipinski definition) is 0. The van der Waals surface area contributed by atoms with Gasteiger partial charge in [0.25, 0.3) is 0 Å². The van der Waals surface area contributed by atoms with Gasteiger partial charge in [0.15, 0.2) is 0 Å². The van der Waals surface area contributed by atoms with Gasteiger partial charge in [-0.05, 0) is 30.6 Å². The van der Waals surface area contributed by atoms with Crippen molar-refractivity contribution in [2.75, 3.05) is 13.2 Å². The Balaban J connectivity index is 0. The Morgan fingerprint density at radius 3 is 1.32 bits per heavy atom. The Hall–Kier alpha value is 0.150. The largest absolute Gasteiger partial charge is 0.319 e. The van der Waals surface area contributed by atoms with Crippen LogP contribution >= 0.6 is 8.25 Å². The maximum atomic E-state index is 11.1. The van der Waals surface area contributed by atoms with Crippen LogP contribution in [0.2, 0.25) is 0 Å². The third-order valence-corrected chi connectivity index (χ3v) is 3.53. The smallest absolute Gasteiger partial charge is 0.311 e. The molecule has 0 aromatic rings. The first-order valence-corrected chi connectivity index (χ1v) is 8.81. The minimum atomic E-state index is -2.23. The molecule has 0 amide bonds. The summed E-state index contributed by atoms with van der Waals surface area (Å²) in [6.07, 6.45) is 3.17. The van der Waals surface area contributed by atoms with E-state index >= 15 is 0 Å². The fraction of sp³-hybridized carbons (Fsp3) is 1.00. The van der Waals surface area contributed by atoms with E-state index in [9.17, 15) is 4.57 Å². The second kappa shape index (κ2) is 14.6. The monoisotopic (exact) mass is 294 g/mol. The molecule has 0 aliphatic heterocycles. The Bertz CT molecular complexity index is 188. The van der Waals surface area contributed by atoms with Gasteiger partial charge < -0.3 is 9.05 Å². The molecule has 0 atom stereocenters. The lowest BCUT2D eigenvalue weighted by Gasteiger charge is -2.08. The number of rotatable bonds is 9. The first kappa shape index (κ1) is 21.4. The fourth-order valence-electron chi connectivity index (χ4n) is 0.798. The highest BCUT2D eigenvalue weighted by Gasteiger charge is 2.02. The predicted octanol–water partition coefficient (Wildman–Crippen LogP) is 5.55. The van der Waals surface area contributed by atoms with E-state index < -0.39 is 8.25 Å². The van der Waals surface area contributed by atoms with Crippen LogP contribution in [0.3, 0.4) is 0 Å². The maximum Gasteiger partial charge on any atom is 0.319 e. The summed E-state index contributed by atoms with van der Waals surface area (Å²) in [6, 6.07) is 0. The van der Waals surface area contributed by atoms with Gasteiger partial charge in [0.2, 0.25) is 0 Å². The zero-order valence-electron chi connectivity index (χ0n) is 14.0. The SMILES string of the molecule is CC(C)CCO[PH](=O)OCCC(C)C.CCC(C)C. The molecular weight excluding hydrogens is 259 g/mol. The minimum absolute atomic E-state index is 0.539. The zero-order chi connectivity index (χ0) is 15.3. The molecule has 0 saturated heterocycles. The highest BCUT2D eigenvalue weighted by Crippen LogP contribution is 2.25. The van der Waals surface area contributed by atoms with Crippen LogP contribution in [0.15, 0.2) is 0 Å². The molecule has 0 heterocycles. The molecule has 0 bridgehead atoms. The third-order valence-electron chi connectivity index (χ3n) is 2.65. The molecule has 118 valence electrons. The molecule has 0 saturated carbocycles. The van der Waals surface area contributed by atoms with Crippen molar-refractivity contribution in [2.45, 2.75) is 67.7 Å². The Morgan fingerprint density at radius 1 is 0.789 bits per heavy atom. The summed E-state index contributed by atoms with van der Waals surface area (Å²) in [5, 5.41) is 0. The molecule has 19 heavy (non-hydrogen) atoms. The quantitative estimate of drug-likeness (QED) is 0.523. The number of hydrogen-bond acceptors (Lipinski definition) is 3. The van der Waals surface area contributed by atoms with Gasteiger partial charge in [0.05, 0.1) is 13.2 Å². The van der Waals surface area contributed by atoms with Crippen LogP contribution in [0, 0.1) is 17.8 Å². The zero-order valence-corrected chi connectivity index (χ0v) is 15.0. The van der Waals surface area contributed by atoms with Gasteiger partial charge in [-0.3, -0.25) is 4.57 Å². The average Bonchev–Trinajstić information content (AvgIpc) is 2.28. The van der Waals surface area contributed by atoms with E-state index in [1.807, 2.05) is 0 Å². The Labute approximate surface area is 121 Å². The van der Waals surface area contributed by atoms with Crippen LogP contribution in [0.4, 0.5) is 0 Å². The first-order valence-electron chi connectivity index (χ1n) is 7.59. The van der Waals surface area contributed by atoms with E-state index in [0.29, 0.717) is 25.0 Å². The van der Waals surface area contributed by atoms with Gasteiger partial charge in [0, 0.05) is 0 Å². The molecule has 4 heteroatoms. The van der Waals surface area contributed by atoms with E-state index in [1.54, 1.807) is 0 Å². The van der Waals surface area contributed by atoms with E-state index in [2.05, 4.69) is 48.5 Å². The minimum Gasteiger partial charge on any atom is -0.311 e. The van der Waals surface area contributed by atoms with E-state index in [1.165, 1.54) is 6.42 Å². The van der Waals surface area contributed by atoms with Crippen LogP contribution in [-0.4, -0.2) is 13.2 Å². The highest BCUT2D eigenvalue weighted by molar-refractivity contribution is 7.33. The lowest BCUT2D eigenvalue weighted by molar-refractivity contribution is 0.208. The van der Waals surface area contributed by atoms with Crippen LogP contribution in [0.25, 0.3) is 0 Å². The Kier molecular flexibility index (Phi) is 16.4. The summed E-state index contributed by atoms with van der Waals surface area (Å²) in [4.78, 5) is 0.